The van der Waals surface area contributed by atoms with E-state index in [4.69, 9.17) is 23.2 Å². The number of nitrogens with zero attached hydrogens (tertiary/aromatic N) is 2. The first kappa shape index (κ1) is 26.9. The Morgan fingerprint density at radius 3 is 2.49 bits per heavy atom. The molecular weight excluding hydrogens is 497 g/mol. The molecule has 2 aromatic carbocycles. The van der Waals surface area contributed by atoms with Gasteiger partial charge in [0.1, 0.15) is 23.5 Å². The lowest BCUT2D eigenvalue weighted by molar-refractivity contribution is -0.147. The number of likely N-dealkylation sites (tertiary alicyclic amines) is 1. The first-order valence-corrected chi connectivity index (χ1v) is 11.8. The molecule has 1 fully saturated rings. The number of esters is 1. The fourth-order valence-electron chi connectivity index (χ4n) is 5.01. The third-order valence-electron chi connectivity index (χ3n) is 6.34. The lowest BCUT2D eigenvalue weighted by Crippen LogP contribution is -2.41. The minimum Gasteiger partial charge on any atom is -0.469 e. The van der Waals surface area contributed by atoms with Crippen molar-refractivity contribution in [1.82, 2.24) is 4.90 Å². The topological polar surface area (TPSA) is 70.4 Å². The molecule has 5 nitrogen and oxygen atoms in total. The third kappa shape index (κ3) is 5.14. The summed E-state index contributed by atoms with van der Waals surface area (Å²) in [6, 6.07) is 9.23. The maximum Gasteiger partial charge on any atom is 0.315 e. The van der Waals surface area contributed by atoms with Gasteiger partial charge in [0.2, 0.25) is 5.91 Å². The van der Waals surface area contributed by atoms with Crippen LogP contribution in [0.1, 0.15) is 50.8 Å². The van der Waals surface area contributed by atoms with E-state index in [1.165, 1.54) is 35.2 Å². The number of carbonyl (C=O) groups excluding carboxylic acids is 2. The van der Waals surface area contributed by atoms with Crippen LogP contribution in [-0.4, -0.2) is 30.4 Å². The molecule has 0 bridgehead atoms. The predicted molar refractivity (Wildman–Crippen MR) is 129 cm³/mol. The van der Waals surface area contributed by atoms with Crippen molar-refractivity contribution in [1.29, 1.82) is 5.26 Å². The molecular formula is C26H26Cl2F2N2O3. The van der Waals surface area contributed by atoms with E-state index >= 15 is 8.78 Å². The number of carbonyl (C=O) groups is 2. The SMILES string of the molecule is COC(=O)CC(=O)N1C[C@@H](CC(C)(C)C)[C@](C#N)(c2ccc(Cl)cc2F)[C@H]1c1cccc(Cl)c1F. The van der Waals surface area contributed by atoms with Crippen molar-refractivity contribution >= 4 is 35.1 Å². The number of ether oxygens (including phenoxy) is 1. The zero-order valence-electron chi connectivity index (χ0n) is 19.9. The number of methoxy groups -OCH3 is 1. The molecule has 186 valence electrons. The summed E-state index contributed by atoms with van der Waals surface area (Å²) in [6.07, 6.45) is -0.203. The smallest absolute Gasteiger partial charge is 0.315 e. The second-order valence-corrected chi connectivity index (χ2v) is 10.8. The summed E-state index contributed by atoms with van der Waals surface area (Å²) >= 11 is 12.1. The van der Waals surface area contributed by atoms with Crippen molar-refractivity contribution in [2.45, 2.75) is 45.1 Å². The first-order chi connectivity index (χ1) is 16.4. The molecule has 3 rings (SSSR count). The average Bonchev–Trinajstić information content (AvgIpc) is 3.08. The number of hydrogen-bond acceptors (Lipinski definition) is 4. The molecule has 0 unspecified atom stereocenters. The lowest BCUT2D eigenvalue weighted by Gasteiger charge is -2.38. The summed E-state index contributed by atoms with van der Waals surface area (Å²) in [4.78, 5) is 26.5. The van der Waals surface area contributed by atoms with Gasteiger partial charge >= 0.3 is 5.97 Å². The van der Waals surface area contributed by atoms with Crippen LogP contribution in [0.2, 0.25) is 10.0 Å². The summed E-state index contributed by atoms with van der Waals surface area (Å²) in [7, 11) is 1.15. The van der Waals surface area contributed by atoms with Crippen molar-refractivity contribution in [2.75, 3.05) is 13.7 Å². The van der Waals surface area contributed by atoms with Crippen LogP contribution in [0.5, 0.6) is 0 Å². The summed E-state index contributed by atoms with van der Waals surface area (Å²) in [6.45, 7) is 5.88. The number of hydrogen-bond donors (Lipinski definition) is 0. The Hall–Kier alpha value is -2.69. The van der Waals surface area contributed by atoms with Gasteiger partial charge in [-0.1, -0.05) is 62.2 Å². The van der Waals surface area contributed by atoms with Crippen LogP contribution in [0.3, 0.4) is 0 Å². The molecule has 1 aliphatic heterocycles. The molecule has 2 aromatic rings. The predicted octanol–water partition coefficient (Wildman–Crippen LogP) is 6.23. The van der Waals surface area contributed by atoms with E-state index in [2.05, 4.69) is 10.8 Å². The zero-order valence-corrected chi connectivity index (χ0v) is 21.4. The van der Waals surface area contributed by atoms with E-state index in [-0.39, 0.29) is 33.1 Å². The Bertz CT molecular complexity index is 1190. The van der Waals surface area contributed by atoms with E-state index in [1.54, 1.807) is 0 Å². The maximum atomic E-state index is 15.5. The van der Waals surface area contributed by atoms with Gasteiger partial charge in [-0.2, -0.15) is 5.26 Å². The molecule has 9 heteroatoms. The molecule has 0 N–H and O–H groups in total. The van der Waals surface area contributed by atoms with E-state index < -0.39 is 47.3 Å². The fourth-order valence-corrected chi connectivity index (χ4v) is 5.35. The van der Waals surface area contributed by atoms with Gasteiger partial charge in [-0.15, -0.1) is 0 Å². The molecule has 0 aliphatic carbocycles. The van der Waals surface area contributed by atoms with Crippen LogP contribution in [-0.2, 0) is 19.7 Å². The van der Waals surface area contributed by atoms with E-state index in [0.29, 0.717) is 6.42 Å². The van der Waals surface area contributed by atoms with E-state index in [9.17, 15) is 14.9 Å². The lowest BCUT2D eigenvalue weighted by atomic mass is 9.63. The fraction of sp³-hybridized carbons (Fsp3) is 0.423. The normalized spacial score (nSPS) is 22.1. The zero-order chi connectivity index (χ0) is 26.1. The molecule has 0 saturated carbocycles. The van der Waals surface area contributed by atoms with Crippen molar-refractivity contribution in [3.63, 3.8) is 0 Å². The molecule has 3 atom stereocenters. The Balaban J connectivity index is 2.36. The Labute approximate surface area is 213 Å². The summed E-state index contributed by atoms with van der Waals surface area (Å²) in [5, 5.41) is 10.6. The second-order valence-electron chi connectivity index (χ2n) is 9.91. The standard InChI is InChI=1S/C26H26Cl2F2N2O3/c1-25(2,3)12-15-13-32(21(33)11-22(34)35-4)24(17-6-5-7-19(28)23(17)30)26(15,14-31)18-9-8-16(27)10-20(18)29/h5-10,15,24H,11-13H2,1-4H3/t15-,24-,26-/m1/s1. The number of rotatable bonds is 5. The molecule has 1 aliphatic rings. The monoisotopic (exact) mass is 522 g/mol. The largest absolute Gasteiger partial charge is 0.469 e. The van der Waals surface area contributed by atoms with Gasteiger partial charge in [-0.05, 0) is 30.0 Å². The quantitative estimate of drug-likeness (QED) is 0.344. The Morgan fingerprint density at radius 2 is 1.91 bits per heavy atom. The van der Waals surface area contributed by atoms with Crippen LogP contribution < -0.4 is 0 Å². The van der Waals surface area contributed by atoms with Gasteiger partial charge in [-0.25, -0.2) is 8.78 Å². The van der Waals surface area contributed by atoms with Gasteiger partial charge < -0.3 is 9.64 Å². The highest BCUT2D eigenvalue weighted by Crippen LogP contribution is 2.56. The van der Waals surface area contributed by atoms with E-state index in [1.807, 2.05) is 20.8 Å². The Morgan fingerprint density at radius 1 is 1.23 bits per heavy atom. The van der Waals surface area contributed by atoms with Gasteiger partial charge in [0.25, 0.3) is 0 Å². The van der Waals surface area contributed by atoms with Crippen LogP contribution in [0.4, 0.5) is 8.78 Å². The average molecular weight is 523 g/mol. The van der Waals surface area contributed by atoms with Crippen LogP contribution >= 0.6 is 23.2 Å². The molecule has 0 spiro atoms. The second kappa shape index (κ2) is 10.1. The minimum atomic E-state index is -1.70. The highest BCUT2D eigenvalue weighted by Gasteiger charge is 2.60. The minimum absolute atomic E-state index is 0.000651. The molecule has 35 heavy (non-hydrogen) atoms. The van der Waals surface area contributed by atoms with Crippen LogP contribution in [0.25, 0.3) is 0 Å². The number of amides is 1. The van der Waals surface area contributed by atoms with Crippen molar-refractivity contribution in [3.8, 4) is 6.07 Å². The van der Waals surface area contributed by atoms with Crippen molar-refractivity contribution in [3.05, 3.63) is 69.2 Å². The molecule has 1 amide bonds. The summed E-state index contributed by atoms with van der Waals surface area (Å²) in [5.74, 6) is -3.60. The Kier molecular flexibility index (Phi) is 7.78. The molecule has 1 heterocycles. The summed E-state index contributed by atoms with van der Waals surface area (Å²) in [5.41, 5.74) is -2.06. The highest BCUT2D eigenvalue weighted by atomic mass is 35.5. The van der Waals surface area contributed by atoms with Crippen molar-refractivity contribution in [2.24, 2.45) is 11.3 Å². The van der Waals surface area contributed by atoms with Crippen LogP contribution in [0, 0.1) is 34.3 Å². The third-order valence-corrected chi connectivity index (χ3v) is 6.87. The van der Waals surface area contributed by atoms with Gasteiger partial charge in [0, 0.05) is 28.6 Å². The van der Waals surface area contributed by atoms with E-state index in [0.717, 1.165) is 13.2 Å². The van der Waals surface area contributed by atoms with Crippen LogP contribution in [0.15, 0.2) is 36.4 Å². The first-order valence-electron chi connectivity index (χ1n) is 11.0. The number of nitriles is 1. The number of benzene rings is 2. The highest BCUT2D eigenvalue weighted by molar-refractivity contribution is 6.31. The van der Waals surface area contributed by atoms with Gasteiger partial charge in [-0.3, -0.25) is 9.59 Å². The molecule has 0 radical (unpaired) electrons. The van der Waals surface area contributed by atoms with Gasteiger partial charge in [0.15, 0.2) is 0 Å². The maximum absolute atomic E-state index is 15.5. The summed E-state index contributed by atoms with van der Waals surface area (Å²) < 4.78 is 35.6. The molecule has 0 aromatic heterocycles. The van der Waals surface area contributed by atoms with Gasteiger partial charge in [0.05, 0.1) is 24.2 Å². The number of halogens is 4. The molecule has 1 saturated heterocycles. The van der Waals surface area contributed by atoms with Crippen molar-refractivity contribution < 1.29 is 23.1 Å².